The van der Waals surface area contributed by atoms with Crippen molar-refractivity contribution in [2.75, 3.05) is 7.11 Å². The first-order chi connectivity index (χ1) is 12.6. The topological polar surface area (TPSA) is 71.8 Å². The van der Waals surface area contributed by atoms with Crippen LogP contribution in [0.5, 0.6) is 5.75 Å². The van der Waals surface area contributed by atoms with Crippen LogP contribution in [0.25, 0.3) is 11.3 Å². The number of halogens is 1. The minimum atomic E-state index is -0.347. The van der Waals surface area contributed by atoms with Gasteiger partial charge in [-0.15, -0.1) is 0 Å². The monoisotopic (exact) mass is 386 g/mol. The van der Waals surface area contributed by atoms with Crippen molar-refractivity contribution in [1.29, 1.82) is 0 Å². The third-order valence-electron chi connectivity index (χ3n) is 3.59. The molecule has 2 aromatic carbocycles. The Labute approximate surface area is 159 Å². The lowest BCUT2D eigenvalue weighted by atomic mass is 10.1. The summed E-state index contributed by atoms with van der Waals surface area (Å²) in [6, 6.07) is 14.1. The molecule has 1 heterocycles. The minimum absolute atomic E-state index is 0.109. The van der Waals surface area contributed by atoms with Gasteiger partial charge < -0.3 is 9.84 Å². The zero-order valence-corrected chi connectivity index (χ0v) is 15.4. The quantitative estimate of drug-likeness (QED) is 0.512. The molecule has 0 bridgehead atoms. The van der Waals surface area contributed by atoms with Crippen LogP contribution in [0.4, 0.5) is 5.13 Å². The molecule has 3 rings (SSSR count). The fraction of sp³-hybridized carbons (Fsp3) is 0.105. The molecule has 7 heteroatoms. The number of aromatic hydroxyl groups is 1. The van der Waals surface area contributed by atoms with Crippen molar-refractivity contribution >= 4 is 40.3 Å². The van der Waals surface area contributed by atoms with E-state index in [-0.39, 0.29) is 18.1 Å². The Morgan fingerprint density at radius 1 is 1.27 bits per heavy atom. The van der Waals surface area contributed by atoms with Crippen molar-refractivity contribution in [2.45, 2.75) is 6.42 Å². The summed E-state index contributed by atoms with van der Waals surface area (Å²) >= 11 is 7.25. The maximum Gasteiger partial charge on any atom is 0.310 e. The first kappa shape index (κ1) is 18.1. The van der Waals surface area contributed by atoms with E-state index in [1.54, 1.807) is 36.5 Å². The summed E-state index contributed by atoms with van der Waals surface area (Å²) in [6.07, 6.45) is 1.65. The molecule has 26 heavy (non-hydrogen) atoms. The first-order valence-electron chi connectivity index (χ1n) is 7.71. The molecule has 0 fully saturated rings. The Morgan fingerprint density at radius 2 is 2.00 bits per heavy atom. The molecule has 0 saturated carbocycles. The van der Waals surface area contributed by atoms with Crippen molar-refractivity contribution in [3.8, 4) is 17.0 Å². The van der Waals surface area contributed by atoms with Crippen molar-refractivity contribution in [1.82, 2.24) is 4.98 Å². The molecule has 3 aromatic rings. The molecule has 0 atom stereocenters. The van der Waals surface area contributed by atoms with Crippen LogP contribution in [0.3, 0.4) is 0 Å². The predicted octanol–water partition coefficient (Wildman–Crippen LogP) is 4.64. The molecule has 0 amide bonds. The van der Waals surface area contributed by atoms with Crippen molar-refractivity contribution in [3.05, 3.63) is 64.0 Å². The number of rotatable bonds is 5. The van der Waals surface area contributed by atoms with Gasteiger partial charge >= 0.3 is 5.97 Å². The van der Waals surface area contributed by atoms with E-state index in [2.05, 4.69) is 9.98 Å². The summed E-state index contributed by atoms with van der Waals surface area (Å²) in [7, 11) is 1.35. The Kier molecular flexibility index (Phi) is 5.65. The van der Waals surface area contributed by atoms with Crippen LogP contribution in [0.15, 0.2) is 53.5 Å². The summed E-state index contributed by atoms with van der Waals surface area (Å²) in [6.45, 7) is 0. The van der Waals surface area contributed by atoms with Crippen LogP contribution >= 0.6 is 22.9 Å². The van der Waals surface area contributed by atoms with Gasteiger partial charge in [-0.05, 0) is 24.3 Å². The highest BCUT2D eigenvalue weighted by Crippen LogP contribution is 2.34. The molecule has 5 nitrogen and oxygen atoms in total. The van der Waals surface area contributed by atoms with E-state index in [0.717, 1.165) is 10.4 Å². The molecule has 1 aromatic heterocycles. The van der Waals surface area contributed by atoms with Crippen LogP contribution in [0, 0.1) is 0 Å². The van der Waals surface area contributed by atoms with Crippen LogP contribution in [-0.2, 0) is 16.0 Å². The molecule has 0 saturated heterocycles. The maximum atomic E-state index is 11.7. The lowest BCUT2D eigenvalue weighted by molar-refractivity contribution is -0.139. The molecular formula is C19H15ClN2O3S. The molecule has 0 radical (unpaired) electrons. The van der Waals surface area contributed by atoms with Gasteiger partial charge in [0, 0.05) is 27.2 Å². The smallest absolute Gasteiger partial charge is 0.310 e. The fourth-order valence-electron chi connectivity index (χ4n) is 2.27. The SMILES string of the molecule is COC(=O)Cc1sc(N=Cc2ccccc2O)nc1-c1ccc(Cl)cc1. The van der Waals surface area contributed by atoms with Gasteiger partial charge in [-0.1, -0.05) is 47.2 Å². The maximum absolute atomic E-state index is 11.7. The number of nitrogens with zero attached hydrogens (tertiary/aromatic N) is 2. The molecule has 0 unspecified atom stereocenters. The number of methoxy groups -OCH3 is 1. The van der Waals surface area contributed by atoms with Gasteiger partial charge in [-0.2, -0.15) is 0 Å². The highest BCUT2D eigenvalue weighted by atomic mass is 35.5. The van der Waals surface area contributed by atoms with E-state index >= 15 is 0 Å². The minimum Gasteiger partial charge on any atom is -0.507 e. The van der Waals surface area contributed by atoms with E-state index < -0.39 is 0 Å². The second-order valence-corrected chi connectivity index (χ2v) is 6.84. The van der Waals surface area contributed by atoms with Gasteiger partial charge in [-0.25, -0.2) is 9.98 Å². The Hall–Kier alpha value is -2.70. The third-order valence-corrected chi connectivity index (χ3v) is 4.80. The van der Waals surface area contributed by atoms with E-state index in [1.807, 2.05) is 18.2 Å². The van der Waals surface area contributed by atoms with Crippen molar-refractivity contribution in [3.63, 3.8) is 0 Å². The predicted molar refractivity (Wildman–Crippen MR) is 104 cm³/mol. The van der Waals surface area contributed by atoms with Gasteiger partial charge in [-0.3, -0.25) is 4.79 Å². The van der Waals surface area contributed by atoms with Crippen molar-refractivity contribution in [2.24, 2.45) is 4.99 Å². The van der Waals surface area contributed by atoms with Gasteiger partial charge in [0.05, 0.1) is 19.2 Å². The van der Waals surface area contributed by atoms with Gasteiger partial charge in [0.25, 0.3) is 0 Å². The number of esters is 1. The number of carbonyl (C=O) groups excluding carboxylic acids is 1. The Bertz CT molecular complexity index is 952. The second kappa shape index (κ2) is 8.12. The fourth-order valence-corrected chi connectivity index (χ4v) is 3.31. The number of aromatic nitrogens is 1. The highest BCUT2D eigenvalue weighted by molar-refractivity contribution is 7.15. The van der Waals surface area contributed by atoms with Crippen molar-refractivity contribution < 1.29 is 14.6 Å². The summed E-state index contributed by atoms with van der Waals surface area (Å²) < 4.78 is 4.77. The van der Waals surface area contributed by atoms with E-state index in [0.29, 0.717) is 21.4 Å². The number of carbonyl (C=O) groups is 1. The number of thiazole rings is 1. The number of aliphatic imine (C=N–C) groups is 1. The van der Waals surface area contributed by atoms with Crippen LogP contribution in [0.1, 0.15) is 10.4 Å². The summed E-state index contributed by atoms with van der Waals surface area (Å²) in [5.74, 6) is -0.208. The zero-order valence-electron chi connectivity index (χ0n) is 13.8. The number of phenols is 1. The van der Waals surface area contributed by atoms with Gasteiger partial charge in [0.1, 0.15) is 5.75 Å². The Morgan fingerprint density at radius 3 is 2.69 bits per heavy atom. The number of para-hydroxylation sites is 1. The van der Waals surface area contributed by atoms with Crippen LogP contribution in [-0.4, -0.2) is 29.4 Å². The standard InChI is InChI=1S/C19H15ClN2O3S/c1-25-17(24)10-16-18(12-6-8-14(20)9-7-12)22-19(26-16)21-11-13-4-2-3-5-15(13)23/h2-9,11,23H,10H2,1H3. The number of benzene rings is 2. The molecule has 0 aliphatic carbocycles. The summed E-state index contributed by atoms with van der Waals surface area (Å²) in [4.78, 5) is 21.3. The molecule has 1 N–H and O–H groups in total. The number of hydrogen-bond acceptors (Lipinski definition) is 6. The lowest BCUT2D eigenvalue weighted by Crippen LogP contribution is -2.03. The summed E-state index contributed by atoms with van der Waals surface area (Å²) in [5.41, 5.74) is 2.10. The van der Waals surface area contributed by atoms with E-state index in [9.17, 15) is 9.90 Å². The first-order valence-corrected chi connectivity index (χ1v) is 8.91. The van der Waals surface area contributed by atoms with Crippen LogP contribution in [0.2, 0.25) is 5.02 Å². The van der Waals surface area contributed by atoms with E-state index in [4.69, 9.17) is 16.3 Å². The largest absolute Gasteiger partial charge is 0.507 e. The zero-order chi connectivity index (χ0) is 18.5. The summed E-state index contributed by atoms with van der Waals surface area (Å²) in [5, 5.41) is 10.9. The lowest BCUT2D eigenvalue weighted by Gasteiger charge is -2.01. The molecular weight excluding hydrogens is 372 g/mol. The third kappa shape index (κ3) is 4.28. The van der Waals surface area contributed by atoms with Gasteiger partial charge in [0.15, 0.2) is 0 Å². The highest BCUT2D eigenvalue weighted by Gasteiger charge is 2.16. The molecule has 132 valence electrons. The molecule has 0 spiro atoms. The average molecular weight is 387 g/mol. The van der Waals surface area contributed by atoms with Crippen LogP contribution < -0.4 is 0 Å². The number of hydrogen-bond donors (Lipinski definition) is 1. The van der Waals surface area contributed by atoms with E-state index in [1.165, 1.54) is 18.4 Å². The Balaban J connectivity index is 1.96. The normalized spacial score (nSPS) is 11.0. The second-order valence-electron chi connectivity index (χ2n) is 5.35. The number of ether oxygens (including phenoxy) is 1. The van der Waals surface area contributed by atoms with Gasteiger partial charge in [0.2, 0.25) is 5.13 Å². The average Bonchev–Trinajstić information content (AvgIpc) is 3.04. The number of phenolic OH excluding ortho intramolecular Hbond substituents is 1. The molecule has 0 aliphatic rings. The molecule has 0 aliphatic heterocycles.